The van der Waals surface area contributed by atoms with Gasteiger partial charge in [-0.3, -0.25) is 19.3 Å². The lowest BCUT2D eigenvalue weighted by molar-refractivity contribution is -0.143. The molecule has 4 rings (SSSR count). The number of nitrogens with one attached hydrogen (secondary N) is 1. The zero-order chi connectivity index (χ0) is 19.7. The summed E-state index contributed by atoms with van der Waals surface area (Å²) in [5, 5.41) is 4.78. The number of thiophene rings is 1. The molecule has 3 amide bonds. The molecule has 1 saturated heterocycles. The van der Waals surface area contributed by atoms with Crippen molar-refractivity contribution >= 4 is 29.1 Å². The highest BCUT2D eigenvalue weighted by Gasteiger charge is 2.47. The number of amides is 3. The van der Waals surface area contributed by atoms with Crippen LogP contribution in [-0.4, -0.2) is 29.2 Å². The summed E-state index contributed by atoms with van der Waals surface area (Å²) in [5.41, 5.74) is 0.731. The standard InChI is InChI=1S/C21H19FN2O3S/c22-14-9-7-13(8-10-14)19(17-6-3-11-28-17)23-18(25)12-24-20(26)15-4-1-2-5-16(15)21(24)27/h1-3,6-11,15-16,19H,4-5,12H2,(H,23,25)/t15-,16-,19+/m0/s1. The Hall–Kier alpha value is -2.80. The minimum absolute atomic E-state index is 0.274. The molecular formula is C21H19FN2O3S. The zero-order valence-corrected chi connectivity index (χ0v) is 15.8. The van der Waals surface area contributed by atoms with Gasteiger partial charge in [0.05, 0.1) is 17.9 Å². The van der Waals surface area contributed by atoms with E-state index in [1.807, 2.05) is 29.7 Å². The second-order valence-corrected chi connectivity index (χ2v) is 7.97. The van der Waals surface area contributed by atoms with Gasteiger partial charge in [0.2, 0.25) is 17.7 Å². The lowest BCUT2D eigenvalue weighted by Gasteiger charge is -2.20. The van der Waals surface area contributed by atoms with Gasteiger partial charge in [-0.1, -0.05) is 30.4 Å². The van der Waals surface area contributed by atoms with Gasteiger partial charge in [0, 0.05) is 4.88 Å². The van der Waals surface area contributed by atoms with E-state index in [0.717, 1.165) is 15.3 Å². The van der Waals surface area contributed by atoms with E-state index in [0.29, 0.717) is 12.8 Å². The van der Waals surface area contributed by atoms with Gasteiger partial charge in [-0.25, -0.2) is 4.39 Å². The van der Waals surface area contributed by atoms with Crippen molar-refractivity contribution in [2.75, 3.05) is 6.54 Å². The highest BCUT2D eigenvalue weighted by Crippen LogP contribution is 2.35. The minimum atomic E-state index is -0.468. The summed E-state index contributed by atoms with van der Waals surface area (Å²) >= 11 is 1.47. The summed E-state index contributed by atoms with van der Waals surface area (Å²) in [6.07, 6.45) is 4.91. The average molecular weight is 398 g/mol. The van der Waals surface area contributed by atoms with Crippen LogP contribution in [0.4, 0.5) is 4.39 Å². The van der Waals surface area contributed by atoms with Crippen molar-refractivity contribution in [1.82, 2.24) is 10.2 Å². The number of halogens is 1. The van der Waals surface area contributed by atoms with Crippen molar-refractivity contribution in [3.8, 4) is 0 Å². The molecule has 0 spiro atoms. The monoisotopic (exact) mass is 398 g/mol. The van der Waals surface area contributed by atoms with Crippen LogP contribution in [0.2, 0.25) is 0 Å². The number of hydrogen-bond acceptors (Lipinski definition) is 4. The second kappa shape index (κ2) is 7.67. The Morgan fingerprint density at radius 2 is 1.75 bits per heavy atom. The molecule has 2 heterocycles. The molecule has 0 unspecified atom stereocenters. The van der Waals surface area contributed by atoms with E-state index in [-0.39, 0.29) is 36.0 Å². The maximum atomic E-state index is 13.3. The van der Waals surface area contributed by atoms with Crippen LogP contribution in [0.25, 0.3) is 0 Å². The fraction of sp³-hybridized carbons (Fsp3) is 0.286. The van der Waals surface area contributed by atoms with Crippen LogP contribution in [0.3, 0.4) is 0 Å². The summed E-state index contributed by atoms with van der Waals surface area (Å²) in [7, 11) is 0. The summed E-state index contributed by atoms with van der Waals surface area (Å²) in [6, 6.07) is 9.20. The third kappa shape index (κ3) is 3.49. The van der Waals surface area contributed by atoms with Crippen molar-refractivity contribution in [2.45, 2.75) is 18.9 Å². The third-order valence-corrected chi connectivity index (χ3v) is 6.17. The van der Waals surface area contributed by atoms with Crippen molar-refractivity contribution in [3.05, 3.63) is 70.2 Å². The molecule has 0 bridgehead atoms. The molecule has 0 radical (unpaired) electrons. The quantitative estimate of drug-likeness (QED) is 0.622. The Morgan fingerprint density at radius 3 is 2.32 bits per heavy atom. The smallest absolute Gasteiger partial charge is 0.240 e. The Bertz CT molecular complexity index is 898. The first kappa shape index (κ1) is 18.6. The minimum Gasteiger partial charge on any atom is -0.343 e. The maximum absolute atomic E-state index is 13.3. The van der Waals surface area contributed by atoms with Crippen LogP contribution in [0.15, 0.2) is 53.9 Å². The summed E-state index contributed by atoms with van der Waals surface area (Å²) in [5.74, 6) is -2.03. The second-order valence-electron chi connectivity index (χ2n) is 6.99. The molecule has 7 heteroatoms. The van der Waals surface area contributed by atoms with E-state index < -0.39 is 11.9 Å². The molecule has 1 N–H and O–H groups in total. The summed E-state index contributed by atoms with van der Waals surface area (Å²) in [6.45, 7) is -0.298. The first-order chi connectivity index (χ1) is 13.5. The third-order valence-electron chi connectivity index (χ3n) is 5.24. The molecule has 1 fully saturated rings. The fourth-order valence-corrected chi connectivity index (χ4v) is 4.61. The number of carbonyl (C=O) groups is 3. The molecule has 2 aliphatic rings. The largest absolute Gasteiger partial charge is 0.343 e. The number of benzene rings is 1. The number of fused-ring (bicyclic) bond motifs is 1. The normalized spacial score (nSPS) is 22.2. The predicted octanol–water partition coefficient (Wildman–Crippen LogP) is 3.04. The van der Waals surface area contributed by atoms with E-state index in [4.69, 9.17) is 0 Å². The molecule has 3 atom stereocenters. The number of nitrogens with zero attached hydrogens (tertiary/aromatic N) is 1. The van der Waals surface area contributed by atoms with E-state index >= 15 is 0 Å². The highest BCUT2D eigenvalue weighted by molar-refractivity contribution is 7.10. The predicted molar refractivity (Wildman–Crippen MR) is 103 cm³/mol. The average Bonchev–Trinajstić information content (AvgIpc) is 3.31. The first-order valence-electron chi connectivity index (χ1n) is 9.13. The van der Waals surface area contributed by atoms with Crippen LogP contribution < -0.4 is 5.32 Å². The molecule has 1 aliphatic carbocycles. The summed E-state index contributed by atoms with van der Waals surface area (Å²) < 4.78 is 13.3. The van der Waals surface area contributed by atoms with Gasteiger partial charge in [0.25, 0.3) is 0 Å². The molecule has 1 aromatic carbocycles. The number of hydrogen-bond donors (Lipinski definition) is 1. The molecule has 28 heavy (non-hydrogen) atoms. The Morgan fingerprint density at radius 1 is 1.11 bits per heavy atom. The highest BCUT2D eigenvalue weighted by atomic mass is 32.1. The van der Waals surface area contributed by atoms with Gasteiger partial charge >= 0.3 is 0 Å². The Balaban J connectivity index is 1.50. The number of rotatable bonds is 5. The van der Waals surface area contributed by atoms with Crippen molar-refractivity contribution < 1.29 is 18.8 Å². The maximum Gasteiger partial charge on any atom is 0.240 e. The van der Waals surface area contributed by atoms with Crippen LogP contribution in [0.5, 0.6) is 0 Å². The lowest BCUT2D eigenvalue weighted by atomic mass is 9.85. The molecular weight excluding hydrogens is 379 g/mol. The number of likely N-dealkylation sites (tertiary alicyclic amines) is 1. The van der Waals surface area contributed by atoms with Crippen molar-refractivity contribution in [3.63, 3.8) is 0 Å². The molecule has 144 valence electrons. The summed E-state index contributed by atoms with van der Waals surface area (Å²) in [4.78, 5) is 39.8. The Kier molecular flexibility index (Phi) is 5.09. The zero-order valence-electron chi connectivity index (χ0n) is 15.0. The Labute approximate surface area is 165 Å². The van der Waals surface area contributed by atoms with Crippen LogP contribution in [0, 0.1) is 17.7 Å². The lowest BCUT2D eigenvalue weighted by Crippen LogP contribution is -2.42. The van der Waals surface area contributed by atoms with E-state index in [9.17, 15) is 18.8 Å². The fourth-order valence-electron chi connectivity index (χ4n) is 3.80. The molecule has 2 aromatic rings. The van der Waals surface area contributed by atoms with E-state index in [1.54, 1.807) is 12.1 Å². The number of carbonyl (C=O) groups excluding carboxylic acids is 3. The number of imide groups is 1. The van der Waals surface area contributed by atoms with Crippen molar-refractivity contribution in [2.24, 2.45) is 11.8 Å². The van der Waals surface area contributed by atoms with Gasteiger partial charge in [-0.05, 0) is 42.0 Å². The first-order valence-corrected chi connectivity index (χ1v) is 10.0. The molecule has 1 aliphatic heterocycles. The number of allylic oxidation sites excluding steroid dienone is 2. The molecule has 1 aromatic heterocycles. The molecule has 0 saturated carbocycles. The van der Waals surface area contributed by atoms with E-state index in [1.165, 1.54) is 23.5 Å². The van der Waals surface area contributed by atoms with Crippen molar-refractivity contribution in [1.29, 1.82) is 0 Å². The topological polar surface area (TPSA) is 66.5 Å². The SMILES string of the molecule is O=C(CN1C(=O)[C@H]2CC=CC[C@@H]2C1=O)N[C@H](c1ccc(F)cc1)c1cccs1. The van der Waals surface area contributed by atoms with Crippen LogP contribution >= 0.6 is 11.3 Å². The van der Waals surface area contributed by atoms with Crippen LogP contribution in [-0.2, 0) is 14.4 Å². The van der Waals surface area contributed by atoms with Gasteiger partial charge in [0.1, 0.15) is 12.4 Å². The van der Waals surface area contributed by atoms with Gasteiger partial charge in [-0.2, -0.15) is 0 Å². The van der Waals surface area contributed by atoms with Gasteiger partial charge in [0.15, 0.2) is 0 Å². The molecule has 5 nitrogen and oxygen atoms in total. The van der Waals surface area contributed by atoms with E-state index in [2.05, 4.69) is 5.32 Å². The van der Waals surface area contributed by atoms with Gasteiger partial charge in [-0.15, -0.1) is 11.3 Å². The van der Waals surface area contributed by atoms with Gasteiger partial charge < -0.3 is 5.32 Å². The van der Waals surface area contributed by atoms with Crippen LogP contribution in [0.1, 0.15) is 29.3 Å².